The molecule has 0 radical (unpaired) electrons. The van der Waals surface area contributed by atoms with Gasteiger partial charge in [0.15, 0.2) is 12.2 Å². The Balaban J connectivity index is 1.74. The van der Waals surface area contributed by atoms with E-state index in [1.165, 1.54) is 19.2 Å². The third kappa shape index (κ3) is 2.30. The number of rotatable bonds is 4. The summed E-state index contributed by atoms with van der Waals surface area (Å²) < 4.78 is 5.21. The lowest BCUT2D eigenvalue weighted by atomic mass is 10.3. The lowest BCUT2D eigenvalue weighted by Crippen LogP contribution is -2.20. The molecular formula is C13H16N4O. The fourth-order valence-corrected chi connectivity index (χ4v) is 2.23. The molecule has 1 aliphatic rings. The summed E-state index contributed by atoms with van der Waals surface area (Å²) in [6.07, 6.45) is 7.50. The van der Waals surface area contributed by atoms with Gasteiger partial charge < -0.3 is 14.6 Å². The van der Waals surface area contributed by atoms with E-state index in [2.05, 4.69) is 26.3 Å². The maximum absolute atomic E-state index is 5.21. The molecule has 2 aromatic rings. The number of hydrogen-bond donors (Lipinski definition) is 1. The van der Waals surface area contributed by atoms with Crippen LogP contribution < -0.4 is 10.2 Å². The first-order chi connectivity index (χ1) is 8.93. The van der Waals surface area contributed by atoms with Crippen LogP contribution in [0.5, 0.6) is 0 Å². The van der Waals surface area contributed by atoms with Crippen molar-refractivity contribution in [1.82, 2.24) is 9.97 Å². The third-order valence-electron chi connectivity index (χ3n) is 3.13. The van der Waals surface area contributed by atoms with Crippen LogP contribution in [0.4, 0.5) is 11.5 Å². The van der Waals surface area contributed by atoms with Gasteiger partial charge in [0.2, 0.25) is 0 Å². The summed E-state index contributed by atoms with van der Waals surface area (Å²) in [7, 11) is 0. The zero-order chi connectivity index (χ0) is 12.2. The van der Waals surface area contributed by atoms with Gasteiger partial charge in [0.25, 0.3) is 0 Å². The van der Waals surface area contributed by atoms with Crippen LogP contribution in [0.15, 0.2) is 35.3 Å². The van der Waals surface area contributed by atoms with Gasteiger partial charge in [0.1, 0.15) is 5.76 Å². The van der Waals surface area contributed by atoms with Gasteiger partial charge in [-0.2, -0.15) is 0 Å². The molecule has 0 atom stereocenters. The van der Waals surface area contributed by atoms with Crippen LogP contribution in [0.1, 0.15) is 18.6 Å². The molecule has 0 unspecified atom stereocenters. The lowest BCUT2D eigenvalue weighted by Gasteiger charge is -2.20. The Morgan fingerprint density at radius 2 is 2.22 bits per heavy atom. The summed E-state index contributed by atoms with van der Waals surface area (Å²) in [6, 6.07) is 4.00. The van der Waals surface area contributed by atoms with Gasteiger partial charge in [-0.25, -0.2) is 9.97 Å². The second-order valence-electron chi connectivity index (χ2n) is 4.39. The molecule has 2 aromatic heterocycles. The van der Waals surface area contributed by atoms with Crippen molar-refractivity contribution in [3.05, 3.63) is 36.7 Å². The number of oxazole rings is 1. The van der Waals surface area contributed by atoms with E-state index in [4.69, 9.17) is 4.42 Å². The minimum absolute atomic E-state index is 0.631. The van der Waals surface area contributed by atoms with Crippen molar-refractivity contribution in [2.24, 2.45) is 0 Å². The fraction of sp³-hybridized carbons (Fsp3) is 0.385. The smallest absolute Gasteiger partial charge is 0.180 e. The summed E-state index contributed by atoms with van der Waals surface area (Å²) in [5.41, 5.74) is 1.05. The first-order valence-electron chi connectivity index (χ1n) is 6.25. The molecular weight excluding hydrogens is 228 g/mol. The van der Waals surface area contributed by atoms with E-state index >= 15 is 0 Å². The second kappa shape index (κ2) is 5.08. The average molecular weight is 244 g/mol. The van der Waals surface area contributed by atoms with E-state index in [-0.39, 0.29) is 0 Å². The predicted octanol–water partition coefficient (Wildman–Crippen LogP) is 2.28. The zero-order valence-electron chi connectivity index (χ0n) is 10.2. The van der Waals surface area contributed by atoms with E-state index in [0.29, 0.717) is 6.54 Å². The molecule has 18 heavy (non-hydrogen) atoms. The molecule has 0 aliphatic carbocycles. The Labute approximate surface area is 106 Å². The minimum atomic E-state index is 0.631. The first kappa shape index (κ1) is 11.1. The molecule has 5 heteroatoms. The maximum Gasteiger partial charge on any atom is 0.180 e. The number of pyridine rings is 1. The van der Waals surface area contributed by atoms with E-state index < -0.39 is 0 Å². The third-order valence-corrected chi connectivity index (χ3v) is 3.13. The van der Waals surface area contributed by atoms with Gasteiger partial charge >= 0.3 is 0 Å². The SMILES string of the molecule is c1cnc(N2CCCC2)c(NCc2cnco2)c1. The molecule has 1 fully saturated rings. The van der Waals surface area contributed by atoms with Crippen molar-refractivity contribution in [1.29, 1.82) is 0 Å². The van der Waals surface area contributed by atoms with Gasteiger partial charge in [0, 0.05) is 19.3 Å². The normalized spacial score (nSPS) is 15.0. The highest BCUT2D eigenvalue weighted by molar-refractivity contribution is 5.65. The molecule has 1 aliphatic heterocycles. The standard InChI is InChI=1S/C13H16N4O/c1-2-7-17(6-1)13-12(4-3-5-15-13)16-9-11-8-14-10-18-11/h3-5,8,10,16H,1-2,6-7,9H2. The van der Waals surface area contributed by atoms with Crippen molar-refractivity contribution in [3.8, 4) is 0 Å². The van der Waals surface area contributed by atoms with Crippen LogP contribution in [0, 0.1) is 0 Å². The summed E-state index contributed by atoms with van der Waals surface area (Å²) in [5, 5.41) is 3.35. The Kier molecular flexibility index (Phi) is 3.12. The van der Waals surface area contributed by atoms with Gasteiger partial charge in [-0.3, -0.25) is 0 Å². The molecule has 0 aromatic carbocycles. The molecule has 3 heterocycles. The topological polar surface area (TPSA) is 54.2 Å². The van der Waals surface area contributed by atoms with Crippen molar-refractivity contribution in [2.75, 3.05) is 23.3 Å². The van der Waals surface area contributed by atoms with Gasteiger partial charge in [0.05, 0.1) is 18.4 Å². The predicted molar refractivity (Wildman–Crippen MR) is 69.5 cm³/mol. The lowest BCUT2D eigenvalue weighted by molar-refractivity contribution is 0.511. The van der Waals surface area contributed by atoms with Gasteiger partial charge in [-0.15, -0.1) is 0 Å². The molecule has 0 saturated carbocycles. The highest BCUT2D eigenvalue weighted by atomic mass is 16.3. The van der Waals surface area contributed by atoms with Crippen LogP contribution in [0.25, 0.3) is 0 Å². The molecule has 0 amide bonds. The summed E-state index contributed by atoms with van der Waals surface area (Å²) in [6.45, 7) is 2.81. The Bertz CT molecular complexity index is 491. The van der Waals surface area contributed by atoms with E-state index in [0.717, 1.165) is 30.4 Å². The van der Waals surface area contributed by atoms with E-state index in [1.807, 2.05) is 12.3 Å². The quantitative estimate of drug-likeness (QED) is 0.894. The monoisotopic (exact) mass is 244 g/mol. The van der Waals surface area contributed by atoms with E-state index in [1.54, 1.807) is 6.20 Å². The molecule has 1 N–H and O–H groups in total. The number of aromatic nitrogens is 2. The Morgan fingerprint density at radius 3 is 3.00 bits per heavy atom. The first-order valence-corrected chi connectivity index (χ1v) is 6.25. The number of nitrogens with one attached hydrogen (secondary N) is 1. The summed E-state index contributed by atoms with van der Waals surface area (Å²) in [4.78, 5) is 10.7. The molecule has 94 valence electrons. The van der Waals surface area contributed by atoms with Gasteiger partial charge in [-0.05, 0) is 25.0 Å². The van der Waals surface area contributed by atoms with Crippen LogP contribution in [0.3, 0.4) is 0 Å². The molecule has 0 bridgehead atoms. The van der Waals surface area contributed by atoms with Crippen molar-refractivity contribution >= 4 is 11.5 Å². The number of nitrogens with zero attached hydrogens (tertiary/aromatic N) is 3. The average Bonchev–Trinajstić information content (AvgIpc) is 3.10. The molecule has 3 rings (SSSR count). The second-order valence-corrected chi connectivity index (χ2v) is 4.39. The van der Waals surface area contributed by atoms with Gasteiger partial charge in [-0.1, -0.05) is 0 Å². The largest absolute Gasteiger partial charge is 0.447 e. The molecule has 1 saturated heterocycles. The Morgan fingerprint density at radius 1 is 1.33 bits per heavy atom. The van der Waals surface area contributed by atoms with Crippen LogP contribution in [-0.2, 0) is 6.54 Å². The fourth-order valence-electron chi connectivity index (χ4n) is 2.23. The highest BCUT2D eigenvalue weighted by Crippen LogP contribution is 2.26. The Hall–Kier alpha value is -2.04. The minimum Gasteiger partial charge on any atom is -0.447 e. The molecule has 5 nitrogen and oxygen atoms in total. The van der Waals surface area contributed by atoms with Crippen LogP contribution in [0.2, 0.25) is 0 Å². The molecule has 0 spiro atoms. The van der Waals surface area contributed by atoms with Crippen molar-refractivity contribution in [3.63, 3.8) is 0 Å². The zero-order valence-corrected chi connectivity index (χ0v) is 10.2. The van der Waals surface area contributed by atoms with Crippen LogP contribution in [-0.4, -0.2) is 23.1 Å². The maximum atomic E-state index is 5.21. The summed E-state index contributed by atoms with van der Waals surface area (Å²) in [5.74, 6) is 1.86. The number of anilines is 2. The van der Waals surface area contributed by atoms with Crippen molar-refractivity contribution < 1.29 is 4.42 Å². The van der Waals surface area contributed by atoms with Crippen LogP contribution >= 0.6 is 0 Å². The van der Waals surface area contributed by atoms with Crippen molar-refractivity contribution in [2.45, 2.75) is 19.4 Å². The van der Waals surface area contributed by atoms with E-state index in [9.17, 15) is 0 Å². The number of hydrogen-bond acceptors (Lipinski definition) is 5. The highest BCUT2D eigenvalue weighted by Gasteiger charge is 2.16. The summed E-state index contributed by atoms with van der Waals surface area (Å²) >= 11 is 0.